The molecule has 3 aromatic rings. The SMILES string of the molecule is CCN(CC)S(=O)(=O)c1ccc2c(c1)CCN2C(=O)CCc1c[nH]c2ccccc12. The summed E-state index contributed by atoms with van der Waals surface area (Å²) in [4.78, 5) is 18.3. The second kappa shape index (κ2) is 8.24. The number of carbonyl (C=O) groups is 1. The standard InChI is InChI=1S/C23H27N3O3S/c1-3-25(4-2)30(28,29)19-10-11-22-17(15-19)13-14-26(22)23(27)12-9-18-16-24-21-8-6-5-7-20(18)21/h5-8,10-11,15-16,24H,3-4,9,12-14H2,1-2H3. The fourth-order valence-electron chi connectivity index (χ4n) is 4.23. The third-order valence-corrected chi connectivity index (χ3v) is 7.92. The minimum Gasteiger partial charge on any atom is -0.361 e. The smallest absolute Gasteiger partial charge is 0.243 e. The first kappa shape index (κ1) is 20.6. The highest BCUT2D eigenvalue weighted by atomic mass is 32.2. The zero-order chi connectivity index (χ0) is 21.3. The maximum atomic E-state index is 12.9. The van der Waals surface area contributed by atoms with Gasteiger partial charge in [-0.3, -0.25) is 4.79 Å². The zero-order valence-electron chi connectivity index (χ0n) is 17.4. The van der Waals surface area contributed by atoms with Crippen LogP contribution in [0.4, 0.5) is 5.69 Å². The molecule has 7 heteroatoms. The Labute approximate surface area is 177 Å². The summed E-state index contributed by atoms with van der Waals surface area (Å²) in [6.07, 6.45) is 3.74. The summed E-state index contributed by atoms with van der Waals surface area (Å²) in [6.45, 7) is 5.14. The number of nitrogens with one attached hydrogen (secondary N) is 1. The Balaban J connectivity index is 1.50. The fraction of sp³-hybridized carbons (Fsp3) is 0.348. The molecule has 0 atom stereocenters. The molecule has 1 amide bonds. The van der Waals surface area contributed by atoms with E-state index in [0.717, 1.165) is 27.7 Å². The molecular formula is C23H27N3O3S. The lowest BCUT2D eigenvalue weighted by Crippen LogP contribution is -2.30. The Kier molecular flexibility index (Phi) is 5.66. The van der Waals surface area contributed by atoms with Crippen molar-refractivity contribution in [2.75, 3.05) is 24.5 Å². The second-order valence-corrected chi connectivity index (χ2v) is 9.47. The number of hydrogen-bond donors (Lipinski definition) is 1. The molecule has 30 heavy (non-hydrogen) atoms. The van der Waals surface area contributed by atoms with Crippen LogP contribution in [0.1, 0.15) is 31.4 Å². The predicted octanol–water partition coefficient (Wildman–Crippen LogP) is 3.72. The van der Waals surface area contributed by atoms with E-state index in [1.807, 2.05) is 38.2 Å². The molecule has 2 aromatic carbocycles. The first-order valence-electron chi connectivity index (χ1n) is 10.4. The summed E-state index contributed by atoms with van der Waals surface area (Å²) in [5.41, 5.74) is 3.97. The molecule has 1 aromatic heterocycles. The van der Waals surface area contributed by atoms with Gasteiger partial charge in [0.2, 0.25) is 15.9 Å². The largest absolute Gasteiger partial charge is 0.361 e. The Hall–Kier alpha value is -2.64. The van der Waals surface area contributed by atoms with E-state index in [0.29, 0.717) is 43.8 Å². The van der Waals surface area contributed by atoms with E-state index in [4.69, 9.17) is 0 Å². The van der Waals surface area contributed by atoms with Crippen LogP contribution < -0.4 is 4.90 Å². The zero-order valence-corrected chi connectivity index (χ0v) is 18.2. The maximum absolute atomic E-state index is 12.9. The molecule has 4 rings (SSSR count). The lowest BCUT2D eigenvalue weighted by molar-refractivity contribution is -0.118. The number of nitrogens with zero attached hydrogens (tertiary/aromatic N) is 2. The summed E-state index contributed by atoms with van der Waals surface area (Å²) >= 11 is 0. The summed E-state index contributed by atoms with van der Waals surface area (Å²) in [5.74, 6) is 0.0679. The van der Waals surface area contributed by atoms with Crippen molar-refractivity contribution in [2.24, 2.45) is 0 Å². The number of carbonyl (C=O) groups excluding carboxylic acids is 1. The normalized spacial score (nSPS) is 13.9. The van der Waals surface area contributed by atoms with Gasteiger partial charge in [0.05, 0.1) is 4.90 Å². The van der Waals surface area contributed by atoms with Crippen molar-refractivity contribution >= 4 is 32.5 Å². The highest BCUT2D eigenvalue weighted by Gasteiger charge is 2.28. The van der Waals surface area contributed by atoms with Crippen molar-refractivity contribution in [3.05, 3.63) is 59.8 Å². The van der Waals surface area contributed by atoms with Gasteiger partial charge in [0.15, 0.2) is 0 Å². The van der Waals surface area contributed by atoms with Crippen molar-refractivity contribution in [3.63, 3.8) is 0 Å². The van der Waals surface area contributed by atoms with Crippen molar-refractivity contribution < 1.29 is 13.2 Å². The molecule has 0 spiro atoms. The number of benzene rings is 2. The molecule has 2 heterocycles. The molecular weight excluding hydrogens is 398 g/mol. The Bertz CT molecular complexity index is 1180. The van der Waals surface area contributed by atoms with Gasteiger partial charge >= 0.3 is 0 Å². The van der Waals surface area contributed by atoms with Crippen LogP contribution in [0.15, 0.2) is 53.6 Å². The van der Waals surface area contributed by atoms with E-state index < -0.39 is 10.0 Å². The molecule has 0 saturated heterocycles. The lowest BCUT2D eigenvalue weighted by Gasteiger charge is -2.20. The number of H-pyrrole nitrogens is 1. The molecule has 1 aliphatic rings. The number of para-hydroxylation sites is 1. The number of amides is 1. The quantitative estimate of drug-likeness (QED) is 0.627. The van der Waals surface area contributed by atoms with Gasteiger partial charge in [-0.15, -0.1) is 0 Å². The van der Waals surface area contributed by atoms with Crippen molar-refractivity contribution in [1.82, 2.24) is 9.29 Å². The molecule has 0 radical (unpaired) electrons. The average molecular weight is 426 g/mol. The number of anilines is 1. The van der Waals surface area contributed by atoms with E-state index in [2.05, 4.69) is 11.1 Å². The van der Waals surface area contributed by atoms with Gasteiger partial charge in [-0.1, -0.05) is 32.0 Å². The van der Waals surface area contributed by atoms with Crippen molar-refractivity contribution in [1.29, 1.82) is 0 Å². The highest BCUT2D eigenvalue weighted by molar-refractivity contribution is 7.89. The molecule has 0 saturated carbocycles. The average Bonchev–Trinajstić information content (AvgIpc) is 3.36. The van der Waals surface area contributed by atoms with Crippen molar-refractivity contribution in [3.8, 4) is 0 Å². The first-order chi connectivity index (χ1) is 14.5. The molecule has 1 N–H and O–H groups in total. The second-order valence-electron chi connectivity index (χ2n) is 7.53. The first-order valence-corrected chi connectivity index (χ1v) is 11.9. The molecule has 6 nitrogen and oxygen atoms in total. The number of fused-ring (bicyclic) bond motifs is 2. The minimum atomic E-state index is -3.49. The van der Waals surface area contributed by atoms with Crippen LogP contribution in [0, 0.1) is 0 Å². The number of sulfonamides is 1. The molecule has 0 aliphatic carbocycles. The van der Waals surface area contributed by atoms with Gasteiger partial charge < -0.3 is 9.88 Å². The summed E-state index contributed by atoms with van der Waals surface area (Å²) in [7, 11) is -3.49. The van der Waals surface area contributed by atoms with Crippen LogP contribution in [0.25, 0.3) is 10.9 Å². The number of rotatable bonds is 7. The Morgan fingerprint density at radius 2 is 1.90 bits per heavy atom. The highest BCUT2D eigenvalue weighted by Crippen LogP contribution is 2.32. The van der Waals surface area contributed by atoms with Gasteiger partial charge in [0.25, 0.3) is 0 Å². The number of aromatic nitrogens is 1. The molecule has 1 aliphatic heterocycles. The molecule has 0 fully saturated rings. The van der Waals surface area contributed by atoms with E-state index >= 15 is 0 Å². The number of aryl methyl sites for hydroxylation is 1. The summed E-state index contributed by atoms with van der Waals surface area (Å²) in [5, 5.41) is 1.15. The van der Waals surface area contributed by atoms with Gasteiger partial charge in [0.1, 0.15) is 0 Å². The Morgan fingerprint density at radius 3 is 2.67 bits per heavy atom. The van der Waals surface area contributed by atoms with Gasteiger partial charge in [-0.2, -0.15) is 4.31 Å². The van der Waals surface area contributed by atoms with E-state index in [-0.39, 0.29) is 5.91 Å². The van der Waals surface area contributed by atoms with E-state index in [1.54, 1.807) is 23.1 Å². The lowest BCUT2D eigenvalue weighted by atomic mass is 10.1. The molecule has 158 valence electrons. The van der Waals surface area contributed by atoms with Crippen molar-refractivity contribution in [2.45, 2.75) is 38.0 Å². The van der Waals surface area contributed by atoms with Gasteiger partial charge in [-0.05, 0) is 48.2 Å². The third kappa shape index (κ3) is 3.63. The minimum absolute atomic E-state index is 0.0679. The third-order valence-electron chi connectivity index (χ3n) is 5.87. The predicted molar refractivity (Wildman–Crippen MR) is 119 cm³/mol. The number of aromatic amines is 1. The van der Waals surface area contributed by atoms with Crippen LogP contribution in [0.3, 0.4) is 0 Å². The summed E-state index contributed by atoms with van der Waals surface area (Å²) < 4.78 is 27.0. The summed E-state index contributed by atoms with van der Waals surface area (Å²) in [6, 6.07) is 13.2. The Morgan fingerprint density at radius 1 is 1.13 bits per heavy atom. The fourth-order valence-corrected chi connectivity index (χ4v) is 5.73. The van der Waals surface area contributed by atoms with E-state index in [1.165, 1.54) is 4.31 Å². The van der Waals surface area contributed by atoms with Gasteiger partial charge in [0, 0.05) is 48.8 Å². The maximum Gasteiger partial charge on any atom is 0.243 e. The van der Waals surface area contributed by atoms with Crippen LogP contribution in [-0.4, -0.2) is 43.2 Å². The van der Waals surface area contributed by atoms with E-state index in [9.17, 15) is 13.2 Å². The molecule has 0 unspecified atom stereocenters. The van der Waals surface area contributed by atoms with Crippen LogP contribution in [-0.2, 0) is 27.7 Å². The van der Waals surface area contributed by atoms with Gasteiger partial charge in [-0.25, -0.2) is 8.42 Å². The topological polar surface area (TPSA) is 73.5 Å². The monoisotopic (exact) mass is 425 g/mol. The van der Waals surface area contributed by atoms with Crippen LogP contribution in [0.2, 0.25) is 0 Å². The molecule has 0 bridgehead atoms. The van der Waals surface area contributed by atoms with Crippen LogP contribution >= 0.6 is 0 Å². The van der Waals surface area contributed by atoms with Crippen LogP contribution in [0.5, 0.6) is 0 Å². The number of hydrogen-bond acceptors (Lipinski definition) is 3.